The smallest absolute Gasteiger partial charge is 0.227 e. The van der Waals surface area contributed by atoms with Gasteiger partial charge in [-0.15, -0.1) is 0 Å². The van der Waals surface area contributed by atoms with Gasteiger partial charge >= 0.3 is 0 Å². The van der Waals surface area contributed by atoms with Gasteiger partial charge in [0.05, 0.1) is 5.41 Å². The second kappa shape index (κ2) is 6.21. The van der Waals surface area contributed by atoms with Crippen molar-refractivity contribution in [1.29, 1.82) is 0 Å². The van der Waals surface area contributed by atoms with Crippen LogP contribution in [-0.4, -0.2) is 36.8 Å². The molecule has 0 bridgehead atoms. The van der Waals surface area contributed by atoms with E-state index in [1.807, 2.05) is 6.92 Å². The molecule has 0 saturated carbocycles. The average Bonchev–Trinajstić information content (AvgIpc) is 2.30. The lowest BCUT2D eigenvalue weighted by molar-refractivity contribution is -0.133. The fraction of sp³-hybridized carbons (Fsp3) is 0.917. The number of piperidine rings is 1. The average molecular weight is 228 g/mol. The Labute approximate surface area is 97.8 Å². The summed E-state index contributed by atoms with van der Waals surface area (Å²) in [6.07, 6.45) is 3.53. The van der Waals surface area contributed by atoms with Crippen LogP contribution >= 0.6 is 0 Å². The summed E-state index contributed by atoms with van der Waals surface area (Å²) in [4.78, 5) is 12.2. The van der Waals surface area contributed by atoms with Crippen molar-refractivity contribution in [2.75, 3.05) is 19.7 Å². The number of aliphatic hydroxyl groups is 1. The molecule has 0 aromatic rings. The number of carbonyl (C=O) groups excluding carboxylic acids is 1. The summed E-state index contributed by atoms with van der Waals surface area (Å²) in [6.45, 7) is 5.93. The van der Waals surface area contributed by atoms with Gasteiger partial charge in [-0.25, -0.2) is 0 Å². The van der Waals surface area contributed by atoms with Gasteiger partial charge in [0.15, 0.2) is 0 Å². The third-order valence-corrected chi connectivity index (χ3v) is 3.57. The van der Waals surface area contributed by atoms with E-state index < -0.39 is 0 Å². The topological polar surface area (TPSA) is 61.4 Å². The van der Waals surface area contributed by atoms with Crippen LogP contribution in [0.4, 0.5) is 0 Å². The Bertz CT molecular complexity index is 225. The maximum absolute atomic E-state index is 12.2. The number of amides is 1. The highest BCUT2D eigenvalue weighted by atomic mass is 16.3. The number of hydrogen-bond donors (Lipinski definition) is 3. The molecule has 3 N–H and O–H groups in total. The third kappa shape index (κ3) is 3.19. The van der Waals surface area contributed by atoms with Gasteiger partial charge in [-0.1, -0.05) is 6.92 Å². The van der Waals surface area contributed by atoms with Crippen LogP contribution < -0.4 is 10.6 Å². The van der Waals surface area contributed by atoms with E-state index in [2.05, 4.69) is 17.6 Å². The SMILES string of the molecule is CCC1(C(=O)NC(C)CCO)CCCNC1. The van der Waals surface area contributed by atoms with Crippen LogP contribution in [0.3, 0.4) is 0 Å². The summed E-state index contributed by atoms with van der Waals surface area (Å²) in [5.41, 5.74) is -0.234. The van der Waals surface area contributed by atoms with E-state index in [0.717, 1.165) is 32.4 Å². The molecule has 2 unspecified atom stereocenters. The van der Waals surface area contributed by atoms with Crippen molar-refractivity contribution in [3.8, 4) is 0 Å². The molecular formula is C12H24N2O2. The molecule has 16 heavy (non-hydrogen) atoms. The molecule has 1 saturated heterocycles. The van der Waals surface area contributed by atoms with Crippen LogP contribution in [0, 0.1) is 5.41 Å². The van der Waals surface area contributed by atoms with Crippen molar-refractivity contribution >= 4 is 5.91 Å². The van der Waals surface area contributed by atoms with Gasteiger partial charge in [-0.3, -0.25) is 4.79 Å². The lowest BCUT2D eigenvalue weighted by Gasteiger charge is -2.36. The van der Waals surface area contributed by atoms with Crippen LogP contribution in [0.15, 0.2) is 0 Å². The van der Waals surface area contributed by atoms with Crippen LogP contribution in [-0.2, 0) is 4.79 Å². The molecule has 1 aliphatic heterocycles. The molecule has 4 nitrogen and oxygen atoms in total. The molecule has 1 amide bonds. The summed E-state index contributed by atoms with van der Waals surface area (Å²) in [5, 5.41) is 15.1. The predicted octanol–water partition coefficient (Wildman–Crippen LogP) is 0.653. The first kappa shape index (κ1) is 13.5. The Hall–Kier alpha value is -0.610. The lowest BCUT2D eigenvalue weighted by Crippen LogP contribution is -2.52. The molecule has 0 radical (unpaired) electrons. The fourth-order valence-electron chi connectivity index (χ4n) is 2.27. The first-order chi connectivity index (χ1) is 7.64. The second-order valence-electron chi connectivity index (χ2n) is 4.80. The van der Waals surface area contributed by atoms with E-state index in [9.17, 15) is 4.79 Å². The summed E-state index contributed by atoms with van der Waals surface area (Å²) >= 11 is 0. The zero-order valence-electron chi connectivity index (χ0n) is 10.4. The van der Waals surface area contributed by atoms with Crippen LogP contribution in [0.25, 0.3) is 0 Å². The Morgan fingerprint density at radius 1 is 1.62 bits per heavy atom. The van der Waals surface area contributed by atoms with Gasteiger partial charge < -0.3 is 15.7 Å². The summed E-state index contributed by atoms with van der Waals surface area (Å²) < 4.78 is 0. The van der Waals surface area contributed by atoms with Crippen LogP contribution in [0.1, 0.15) is 39.5 Å². The largest absolute Gasteiger partial charge is 0.396 e. The first-order valence-electron chi connectivity index (χ1n) is 6.27. The van der Waals surface area contributed by atoms with E-state index in [4.69, 9.17) is 5.11 Å². The molecule has 0 aromatic heterocycles. The maximum Gasteiger partial charge on any atom is 0.227 e. The Kier molecular flexibility index (Phi) is 5.22. The first-order valence-corrected chi connectivity index (χ1v) is 6.27. The molecule has 94 valence electrons. The number of nitrogens with one attached hydrogen (secondary N) is 2. The molecule has 0 aliphatic carbocycles. The van der Waals surface area contributed by atoms with Gasteiger partial charge in [0, 0.05) is 19.2 Å². The molecule has 1 aliphatic rings. The minimum absolute atomic E-state index is 0.0582. The van der Waals surface area contributed by atoms with E-state index >= 15 is 0 Å². The Morgan fingerprint density at radius 3 is 2.88 bits per heavy atom. The van der Waals surface area contributed by atoms with Crippen molar-refractivity contribution in [3.63, 3.8) is 0 Å². The van der Waals surface area contributed by atoms with E-state index in [1.165, 1.54) is 0 Å². The quantitative estimate of drug-likeness (QED) is 0.647. The molecule has 1 heterocycles. The Balaban J connectivity index is 2.54. The van der Waals surface area contributed by atoms with Gasteiger partial charge in [0.2, 0.25) is 5.91 Å². The normalized spacial score (nSPS) is 27.4. The van der Waals surface area contributed by atoms with Crippen LogP contribution in [0.2, 0.25) is 0 Å². The van der Waals surface area contributed by atoms with Crippen molar-refractivity contribution in [2.24, 2.45) is 5.41 Å². The van der Waals surface area contributed by atoms with Crippen LogP contribution in [0.5, 0.6) is 0 Å². The zero-order chi connectivity index (χ0) is 12.0. The number of hydrogen-bond acceptors (Lipinski definition) is 3. The fourth-order valence-corrected chi connectivity index (χ4v) is 2.27. The number of aliphatic hydroxyl groups excluding tert-OH is 1. The lowest BCUT2D eigenvalue weighted by atomic mass is 9.77. The summed E-state index contributed by atoms with van der Waals surface area (Å²) in [5.74, 6) is 0.142. The predicted molar refractivity (Wildman–Crippen MR) is 64.1 cm³/mol. The van der Waals surface area contributed by atoms with Crippen molar-refractivity contribution in [2.45, 2.75) is 45.6 Å². The standard InChI is InChI=1S/C12H24N2O2/c1-3-12(6-4-7-13-9-12)11(16)14-10(2)5-8-15/h10,13,15H,3-9H2,1-2H3,(H,14,16). The number of carbonyl (C=O) groups is 1. The highest BCUT2D eigenvalue weighted by molar-refractivity contribution is 5.83. The van der Waals surface area contributed by atoms with Gasteiger partial charge in [-0.05, 0) is 39.2 Å². The molecule has 1 fully saturated rings. The molecule has 4 heteroatoms. The maximum atomic E-state index is 12.2. The zero-order valence-corrected chi connectivity index (χ0v) is 10.4. The Morgan fingerprint density at radius 2 is 2.38 bits per heavy atom. The van der Waals surface area contributed by atoms with E-state index in [0.29, 0.717) is 6.42 Å². The van der Waals surface area contributed by atoms with E-state index in [-0.39, 0.29) is 24.0 Å². The molecule has 2 atom stereocenters. The highest BCUT2D eigenvalue weighted by Gasteiger charge is 2.37. The van der Waals surface area contributed by atoms with Crippen molar-refractivity contribution in [1.82, 2.24) is 10.6 Å². The molecular weight excluding hydrogens is 204 g/mol. The van der Waals surface area contributed by atoms with Gasteiger partial charge in [0.25, 0.3) is 0 Å². The van der Waals surface area contributed by atoms with Crippen molar-refractivity contribution < 1.29 is 9.90 Å². The highest BCUT2D eigenvalue weighted by Crippen LogP contribution is 2.30. The van der Waals surface area contributed by atoms with Crippen molar-refractivity contribution in [3.05, 3.63) is 0 Å². The minimum atomic E-state index is -0.234. The molecule has 0 spiro atoms. The summed E-state index contributed by atoms with van der Waals surface area (Å²) in [6, 6.07) is 0.0582. The molecule has 0 aromatic carbocycles. The summed E-state index contributed by atoms with van der Waals surface area (Å²) in [7, 11) is 0. The third-order valence-electron chi connectivity index (χ3n) is 3.57. The monoisotopic (exact) mass is 228 g/mol. The van der Waals surface area contributed by atoms with E-state index in [1.54, 1.807) is 0 Å². The van der Waals surface area contributed by atoms with Gasteiger partial charge in [-0.2, -0.15) is 0 Å². The minimum Gasteiger partial charge on any atom is -0.396 e. The second-order valence-corrected chi connectivity index (χ2v) is 4.80. The van der Waals surface area contributed by atoms with Gasteiger partial charge in [0.1, 0.15) is 0 Å². The molecule has 1 rings (SSSR count). The number of rotatable bonds is 5.